The van der Waals surface area contributed by atoms with Crippen LogP contribution in [-0.4, -0.2) is 10.9 Å². The highest BCUT2D eigenvalue weighted by atomic mass is 16.1. The summed E-state index contributed by atoms with van der Waals surface area (Å²) in [5, 5.41) is 4.18. The minimum Gasteiger partial charge on any atom is -0.324 e. The molecule has 1 amide bonds. The molecule has 1 aromatic carbocycles. The molecule has 2 aromatic rings. The lowest BCUT2D eigenvalue weighted by molar-refractivity contribution is -0.120. The molecule has 3 rings (SSSR count). The van der Waals surface area contributed by atoms with Gasteiger partial charge in [0.15, 0.2) is 0 Å². The monoisotopic (exact) mass is 282 g/mol. The second kappa shape index (κ2) is 6.25. The van der Waals surface area contributed by atoms with Gasteiger partial charge in [0.2, 0.25) is 5.91 Å². The Morgan fingerprint density at radius 1 is 1.10 bits per heavy atom. The number of nitrogens with one attached hydrogen (secondary N) is 1. The van der Waals surface area contributed by atoms with E-state index in [2.05, 4.69) is 16.4 Å². The molecule has 0 saturated heterocycles. The van der Waals surface area contributed by atoms with Gasteiger partial charge in [0.1, 0.15) is 0 Å². The fourth-order valence-corrected chi connectivity index (χ4v) is 3.12. The minimum atomic E-state index is 0.160. The van der Waals surface area contributed by atoms with Gasteiger partial charge >= 0.3 is 0 Å². The van der Waals surface area contributed by atoms with Crippen LogP contribution >= 0.6 is 0 Å². The average molecular weight is 282 g/mol. The molecular weight excluding hydrogens is 260 g/mol. The summed E-state index contributed by atoms with van der Waals surface area (Å²) >= 11 is 0. The van der Waals surface area contributed by atoms with Crippen molar-refractivity contribution >= 4 is 22.5 Å². The van der Waals surface area contributed by atoms with Gasteiger partial charge in [0, 0.05) is 17.0 Å². The summed E-state index contributed by atoms with van der Waals surface area (Å²) in [6, 6.07) is 10.0. The predicted octanol–water partition coefficient (Wildman–Crippen LogP) is 4.45. The summed E-state index contributed by atoms with van der Waals surface area (Å²) in [6.07, 6.45) is 6.90. The van der Waals surface area contributed by atoms with Gasteiger partial charge in [-0.3, -0.25) is 9.78 Å². The number of hydrogen-bond acceptors (Lipinski definition) is 2. The molecular formula is C18H22N2O. The van der Waals surface area contributed by atoms with Crippen LogP contribution in [0.5, 0.6) is 0 Å². The summed E-state index contributed by atoms with van der Waals surface area (Å²) < 4.78 is 0. The molecule has 0 atom stereocenters. The highest BCUT2D eigenvalue weighted by Crippen LogP contribution is 2.26. The zero-order valence-corrected chi connectivity index (χ0v) is 12.6. The van der Waals surface area contributed by atoms with E-state index >= 15 is 0 Å². The van der Waals surface area contributed by atoms with Crippen LogP contribution in [0.3, 0.4) is 0 Å². The molecule has 3 nitrogen and oxygen atoms in total. The molecule has 21 heavy (non-hydrogen) atoms. The van der Waals surface area contributed by atoms with Crippen molar-refractivity contribution < 1.29 is 4.79 Å². The van der Waals surface area contributed by atoms with Gasteiger partial charge in [-0.1, -0.05) is 43.9 Å². The van der Waals surface area contributed by atoms with Crippen LogP contribution in [0.25, 0.3) is 10.9 Å². The molecule has 1 saturated carbocycles. The maximum Gasteiger partial charge on any atom is 0.227 e. The first-order chi connectivity index (χ1) is 10.2. The Kier molecular flexibility index (Phi) is 4.18. The van der Waals surface area contributed by atoms with Crippen molar-refractivity contribution in [3.63, 3.8) is 0 Å². The summed E-state index contributed by atoms with van der Waals surface area (Å²) in [6.45, 7) is 1.98. The fourth-order valence-electron chi connectivity index (χ4n) is 3.12. The van der Waals surface area contributed by atoms with E-state index in [1.807, 2.05) is 31.2 Å². The van der Waals surface area contributed by atoms with Crippen molar-refractivity contribution in [1.29, 1.82) is 0 Å². The Balaban J connectivity index is 1.83. The number of aryl methyl sites for hydroxylation is 1. The number of carbonyl (C=O) groups excluding carboxylic acids is 1. The van der Waals surface area contributed by atoms with E-state index in [0.29, 0.717) is 0 Å². The number of nitrogens with zero attached hydrogens (tertiary/aromatic N) is 1. The molecule has 1 aliphatic rings. The lowest BCUT2D eigenvalue weighted by Crippen LogP contribution is -2.22. The van der Waals surface area contributed by atoms with Crippen molar-refractivity contribution in [2.45, 2.75) is 45.4 Å². The number of para-hydroxylation sites is 1. The maximum atomic E-state index is 12.5. The Morgan fingerprint density at radius 3 is 2.62 bits per heavy atom. The van der Waals surface area contributed by atoms with Crippen LogP contribution in [0.1, 0.15) is 44.2 Å². The minimum absolute atomic E-state index is 0.160. The van der Waals surface area contributed by atoms with Crippen molar-refractivity contribution in [3.8, 4) is 0 Å². The van der Waals surface area contributed by atoms with Gasteiger partial charge < -0.3 is 5.32 Å². The highest BCUT2D eigenvalue weighted by molar-refractivity contribution is 6.01. The zero-order valence-electron chi connectivity index (χ0n) is 12.6. The Labute approximate surface area is 125 Å². The van der Waals surface area contributed by atoms with Crippen LogP contribution < -0.4 is 5.32 Å². The van der Waals surface area contributed by atoms with Crippen LogP contribution in [0.2, 0.25) is 0 Å². The third kappa shape index (κ3) is 3.23. The van der Waals surface area contributed by atoms with Crippen LogP contribution in [0.4, 0.5) is 5.69 Å². The highest BCUT2D eigenvalue weighted by Gasteiger charge is 2.20. The molecule has 0 spiro atoms. The van der Waals surface area contributed by atoms with Crippen molar-refractivity contribution in [1.82, 2.24) is 4.98 Å². The molecule has 0 aliphatic heterocycles. The Morgan fingerprint density at radius 2 is 1.86 bits per heavy atom. The zero-order chi connectivity index (χ0) is 14.7. The second-order valence-corrected chi connectivity index (χ2v) is 6.01. The standard InChI is InChI=1S/C18H22N2O/c1-13-11-12-14-9-6-10-16(17(14)19-13)20-18(21)15-7-4-2-3-5-8-15/h6,9-12,15H,2-5,7-8H2,1H3,(H,20,21). The van der Waals surface area contributed by atoms with E-state index in [9.17, 15) is 4.79 Å². The Hall–Kier alpha value is -1.90. The summed E-state index contributed by atoms with van der Waals surface area (Å²) in [5.41, 5.74) is 2.70. The number of amides is 1. The molecule has 110 valence electrons. The number of carbonyl (C=O) groups is 1. The van der Waals surface area contributed by atoms with E-state index in [0.717, 1.165) is 35.1 Å². The van der Waals surface area contributed by atoms with E-state index in [1.54, 1.807) is 0 Å². The summed E-state index contributed by atoms with van der Waals surface area (Å²) in [7, 11) is 0. The number of aromatic nitrogens is 1. The molecule has 1 heterocycles. The molecule has 0 radical (unpaired) electrons. The molecule has 0 unspecified atom stereocenters. The van der Waals surface area contributed by atoms with Crippen molar-refractivity contribution in [3.05, 3.63) is 36.0 Å². The second-order valence-electron chi connectivity index (χ2n) is 6.01. The first kappa shape index (κ1) is 14.1. The quantitative estimate of drug-likeness (QED) is 0.827. The normalized spacial score (nSPS) is 16.6. The van der Waals surface area contributed by atoms with Crippen LogP contribution in [0, 0.1) is 12.8 Å². The number of hydrogen-bond donors (Lipinski definition) is 1. The van der Waals surface area contributed by atoms with Crippen LogP contribution in [-0.2, 0) is 4.79 Å². The van der Waals surface area contributed by atoms with Gasteiger partial charge in [0.25, 0.3) is 0 Å². The number of pyridine rings is 1. The predicted molar refractivity (Wildman–Crippen MR) is 86.3 cm³/mol. The fraction of sp³-hybridized carbons (Fsp3) is 0.444. The van der Waals surface area contributed by atoms with E-state index in [-0.39, 0.29) is 11.8 Å². The van der Waals surface area contributed by atoms with E-state index in [1.165, 1.54) is 25.7 Å². The third-order valence-corrected chi connectivity index (χ3v) is 4.34. The van der Waals surface area contributed by atoms with Crippen molar-refractivity contribution in [2.75, 3.05) is 5.32 Å². The number of rotatable bonds is 2. The molecule has 1 aliphatic carbocycles. The molecule has 1 aromatic heterocycles. The first-order valence-corrected chi connectivity index (χ1v) is 7.91. The van der Waals surface area contributed by atoms with E-state index < -0.39 is 0 Å². The third-order valence-electron chi connectivity index (χ3n) is 4.34. The first-order valence-electron chi connectivity index (χ1n) is 7.91. The van der Waals surface area contributed by atoms with E-state index in [4.69, 9.17) is 0 Å². The smallest absolute Gasteiger partial charge is 0.227 e. The molecule has 3 heteroatoms. The van der Waals surface area contributed by atoms with Gasteiger partial charge in [-0.05, 0) is 31.9 Å². The summed E-state index contributed by atoms with van der Waals surface area (Å²) in [5.74, 6) is 0.320. The van der Waals surface area contributed by atoms with Gasteiger partial charge in [-0.25, -0.2) is 0 Å². The average Bonchev–Trinajstić information content (AvgIpc) is 2.77. The van der Waals surface area contributed by atoms with Crippen LogP contribution in [0.15, 0.2) is 30.3 Å². The number of fused-ring (bicyclic) bond motifs is 1. The topological polar surface area (TPSA) is 42.0 Å². The Bertz CT molecular complexity index is 643. The van der Waals surface area contributed by atoms with Gasteiger partial charge in [0.05, 0.1) is 11.2 Å². The SMILES string of the molecule is Cc1ccc2cccc(NC(=O)C3CCCCCC3)c2n1. The molecule has 1 N–H and O–H groups in total. The lowest BCUT2D eigenvalue weighted by atomic mass is 9.99. The van der Waals surface area contributed by atoms with Gasteiger partial charge in [-0.2, -0.15) is 0 Å². The largest absolute Gasteiger partial charge is 0.324 e. The number of benzene rings is 1. The maximum absolute atomic E-state index is 12.5. The molecule has 1 fully saturated rings. The number of anilines is 1. The van der Waals surface area contributed by atoms with Gasteiger partial charge in [-0.15, -0.1) is 0 Å². The van der Waals surface area contributed by atoms with Crippen molar-refractivity contribution in [2.24, 2.45) is 5.92 Å². The molecule has 0 bridgehead atoms. The lowest BCUT2D eigenvalue weighted by Gasteiger charge is -2.15. The summed E-state index contributed by atoms with van der Waals surface area (Å²) in [4.78, 5) is 17.1.